The van der Waals surface area contributed by atoms with E-state index in [4.69, 9.17) is 14.0 Å². The van der Waals surface area contributed by atoms with Gasteiger partial charge in [-0.25, -0.2) is 0 Å². The number of hydrogen-bond acceptors (Lipinski definition) is 7. The second kappa shape index (κ2) is 9.30. The first-order chi connectivity index (χ1) is 15.1. The first kappa shape index (κ1) is 21.0. The summed E-state index contributed by atoms with van der Waals surface area (Å²) in [6.07, 6.45) is 2.16. The maximum Gasteiger partial charge on any atom is 0.387 e. The molecule has 1 heterocycles. The number of alkyl halides is 2. The van der Waals surface area contributed by atoms with Crippen LogP contribution >= 0.6 is 0 Å². The quantitative estimate of drug-likeness (QED) is 0.467. The van der Waals surface area contributed by atoms with Crippen LogP contribution in [0.25, 0.3) is 11.4 Å². The fourth-order valence-electron chi connectivity index (χ4n) is 3.43. The summed E-state index contributed by atoms with van der Waals surface area (Å²) in [5.41, 5.74) is 1.34. The minimum absolute atomic E-state index is 0.00464. The SMILES string of the molecule is COc1ccc(OC)c(CN(Cc2nc(-c3ccccc3OC(F)F)no2)C2CC2)c1. The van der Waals surface area contributed by atoms with E-state index in [0.29, 0.717) is 30.6 Å². The molecule has 0 spiro atoms. The Labute approximate surface area is 178 Å². The van der Waals surface area contributed by atoms with E-state index in [2.05, 4.69) is 19.8 Å². The summed E-state index contributed by atoms with van der Waals surface area (Å²) >= 11 is 0. The summed E-state index contributed by atoms with van der Waals surface area (Å²) in [4.78, 5) is 6.65. The molecule has 0 atom stereocenters. The zero-order chi connectivity index (χ0) is 21.8. The zero-order valence-corrected chi connectivity index (χ0v) is 17.3. The molecule has 0 aliphatic heterocycles. The van der Waals surface area contributed by atoms with Gasteiger partial charge in [0.25, 0.3) is 0 Å². The monoisotopic (exact) mass is 431 g/mol. The van der Waals surface area contributed by atoms with Gasteiger partial charge in [-0.15, -0.1) is 0 Å². The van der Waals surface area contributed by atoms with Crippen molar-refractivity contribution in [2.75, 3.05) is 14.2 Å². The van der Waals surface area contributed by atoms with Crippen molar-refractivity contribution in [1.29, 1.82) is 0 Å². The molecule has 0 saturated heterocycles. The second-order valence-electron chi connectivity index (χ2n) is 7.20. The normalized spacial score (nSPS) is 13.6. The fraction of sp³-hybridized carbons (Fsp3) is 0.364. The summed E-state index contributed by atoms with van der Waals surface area (Å²) in [6, 6.07) is 12.5. The Bertz CT molecular complexity index is 1020. The van der Waals surface area contributed by atoms with Crippen LogP contribution in [-0.2, 0) is 13.1 Å². The topological polar surface area (TPSA) is 69.9 Å². The summed E-state index contributed by atoms with van der Waals surface area (Å²) in [5, 5.41) is 3.97. The molecule has 0 amide bonds. The Morgan fingerprint density at radius 1 is 1.06 bits per heavy atom. The number of hydrogen-bond donors (Lipinski definition) is 0. The third-order valence-corrected chi connectivity index (χ3v) is 5.07. The lowest BCUT2D eigenvalue weighted by molar-refractivity contribution is -0.0494. The maximum absolute atomic E-state index is 12.7. The summed E-state index contributed by atoms with van der Waals surface area (Å²) in [6.45, 7) is -1.89. The molecule has 1 aliphatic rings. The second-order valence-corrected chi connectivity index (χ2v) is 7.20. The fourth-order valence-corrected chi connectivity index (χ4v) is 3.43. The van der Waals surface area contributed by atoms with E-state index >= 15 is 0 Å². The van der Waals surface area contributed by atoms with E-state index in [1.807, 2.05) is 18.2 Å². The first-order valence-electron chi connectivity index (χ1n) is 9.89. The molecular weight excluding hydrogens is 408 g/mol. The number of methoxy groups -OCH3 is 2. The van der Waals surface area contributed by atoms with Crippen LogP contribution in [0.15, 0.2) is 47.0 Å². The number of benzene rings is 2. The van der Waals surface area contributed by atoms with Gasteiger partial charge >= 0.3 is 6.61 Å². The van der Waals surface area contributed by atoms with E-state index < -0.39 is 6.61 Å². The molecular formula is C22H23F2N3O4. The molecule has 0 unspecified atom stereocenters. The highest BCUT2D eigenvalue weighted by Gasteiger charge is 2.31. The third-order valence-electron chi connectivity index (χ3n) is 5.07. The van der Waals surface area contributed by atoms with Crippen LogP contribution in [0.1, 0.15) is 24.3 Å². The molecule has 2 aromatic carbocycles. The van der Waals surface area contributed by atoms with Crippen molar-refractivity contribution in [2.45, 2.75) is 38.6 Å². The van der Waals surface area contributed by atoms with E-state index in [1.54, 1.807) is 32.4 Å². The number of ether oxygens (including phenoxy) is 3. The highest BCUT2D eigenvalue weighted by Crippen LogP contribution is 2.34. The average Bonchev–Trinajstić information content (AvgIpc) is 3.52. The van der Waals surface area contributed by atoms with Crippen LogP contribution in [0, 0.1) is 0 Å². The number of aromatic nitrogens is 2. The highest BCUT2D eigenvalue weighted by atomic mass is 19.3. The van der Waals surface area contributed by atoms with Crippen molar-refractivity contribution in [2.24, 2.45) is 0 Å². The van der Waals surface area contributed by atoms with Crippen LogP contribution in [0.4, 0.5) is 8.78 Å². The zero-order valence-electron chi connectivity index (χ0n) is 17.3. The lowest BCUT2D eigenvalue weighted by Crippen LogP contribution is -2.25. The van der Waals surface area contributed by atoms with Crippen LogP contribution in [0.2, 0.25) is 0 Å². The molecule has 0 radical (unpaired) electrons. The number of para-hydroxylation sites is 1. The Hall–Kier alpha value is -3.20. The van der Waals surface area contributed by atoms with Gasteiger partial charge in [-0.2, -0.15) is 13.8 Å². The summed E-state index contributed by atoms with van der Waals surface area (Å²) < 4.78 is 46.2. The largest absolute Gasteiger partial charge is 0.497 e. The Morgan fingerprint density at radius 2 is 1.87 bits per heavy atom. The van der Waals surface area contributed by atoms with Crippen LogP contribution in [0.5, 0.6) is 17.2 Å². The third kappa shape index (κ3) is 5.11. The van der Waals surface area contributed by atoms with E-state index in [9.17, 15) is 8.78 Å². The van der Waals surface area contributed by atoms with Crippen molar-refractivity contribution in [3.05, 3.63) is 53.9 Å². The van der Waals surface area contributed by atoms with Crippen molar-refractivity contribution in [3.8, 4) is 28.6 Å². The molecule has 1 aliphatic carbocycles. The van der Waals surface area contributed by atoms with Gasteiger partial charge in [0, 0.05) is 18.2 Å². The van der Waals surface area contributed by atoms with E-state index in [1.165, 1.54) is 6.07 Å². The molecule has 164 valence electrons. The van der Waals surface area contributed by atoms with Crippen molar-refractivity contribution >= 4 is 0 Å². The first-order valence-corrected chi connectivity index (χ1v) is 9.89. The molecule has 3 aromatic rings. The molecule has 0 N–H and O–H groups in total. The predicted molar refractivity (Wildman–Crippen MR) is 108 cm³/mol. The van der Waals surface area contributed by atoms with Crippen LogP contribution in [0.3, 0.4) is 0 Å². The molecule has 1 fully saturated rings. The molecule has 1 saturated carbocycles. The smallest absolute Gasteiger partial charge is 0.387 e. The summed E-state index contributed by atoms with van der Waals surface area (Å²) in [7, 11) is 3.26. The lowest BCUT2D eigenvalue weighted by Gasteiger charge is -2.21. The maximum atomic E-state index is 12.7. The number of nitrogens with zero attached hydrogens (tertiary/aromatic N) is 3. The Balaban J connectivity index is 1.53. The van der Waals surface area contributed by atoms with Gasteiger partial charge in [-0.3, -0.25) is 4.90 Å². The molecule has 31 heavy (non-hydrogen) atoms. The standard InChI is InChI=1S/C22H23F2N3O4/c1-28-16-9-10-18(29-2)14(11-16)12-27(15-7-8-15)13-20-25-21(26-31-20)17-5-3-4-6-19(17)30-22(23)24/h3-6,9-11,15,22H,7-8,12-13H2,1-2H3. The van der Waals surface area contributed by atoms with Gasteiger partial charge < -0.3 is 18.7 Å². The van der Waals surface area contributed by atoms with E-state index in [0.717, 1.165) is 29.9 Å². The van der Waals surface area contributed by atoms with Crippen molar-refractivity contribution < 1.29 is 27.5 Å². The van der Waals surface area contributed by atoms with Gasteiger partial charge in [-0.05, 0) is 43.2 Å². The van der Waals surface area contributed by atoms with Crippen molar-refractivity contribution in [1.82, 2.24) is 15.0 Å². The van der Waals surface area contributed by atoms with Crippen molar-refractivity contribution in [3.63, 3.8) is 0 Å². The van der Waals surface area contributed by atoms with Gasteiger partial charge in [0.05, 0.1) is 26.3 Å². The Kier molecular flexibility index (Phi) is 6.31. The predicted octanol–water partition coefficient (Wildman–Crippen LogP) is 4.52. The summed E-state index contributed by atoms with van der Waals surface area (Å²) in [5.74, 6) is 2.14. The number of rotatable bonds is 10. The number of halogens is 2. The van der Waals surface area contributed by atoms with Crippen LogP contribution in [-0.4, -0.2) is 41.9 Å². The highest BCUT2D eigenvalue weighted by molar-refractivity contribution is 5.63. The minimum atomic E-state index is -2.93. The van der Waals surface area contributed by atoms with Crippen LogP contribution < -0.4 is 14.2 Å². The van der Waals surface area contributed by atoms with Gasteiger partial charge in [0.1, 0.15) is 17.2 Å². The average molecular weight is 431 g/mol. The van der Waals surface area contributed by atoms with E-state index in [-0.39, 0.29) is 11.6 Å². The Morgan fingerprint density at radius 3 is 2.58 bits per heavy atom. The van der Waals surface area contributed by atoms with Gasteiger partial charge in [-0.1, -0.05) is 17.3 Å². The molecule has 4 rings (SSSR count). The minimum Gasteiger partial charge on any atom is -0.497 e. The van der Waals surface area contributed by atoms with Gasteiger partial charge in [0.15, 0.2) is 0 Å². The molecule has 9 heteroatoms. The lowest BCUT2D eigenvalue weighted by atomic mass is 10.1. The molecule has 1 aromatic heterocycles. The molecule has 0 bridgehead atoms. The van der Waals surface area contributed by atoms with Gasteiger partial charge in [0.2, 0.25) is 11.7 Å². The molecule has 7 nitrogen and oxygen atoms in total.